The van der Waals surface area contributed by atoms with E-state index in [1.807, 2.05) is 0 Å². The standard InChI is InChI=1S/C39H79NO5/c1-3-5-7-9-11-13-15-17-19-20-22-24-26-28-30-37(42)35-45-36-38(43)34-40(32-33-41)39(44)31-29-27-25-23-21-18-16-14-12-10-8-6-4-2/h37-38,41-43H,3-36H2,1-2H3. The Kier molecular flexibility index (Phi) is 35.6. The molecule has 0 aliphatic carbocycles. The van der Waals surface area contributed by atoms with Gasteiger partial charge in [0, 0.05) is 19.5 Å². The van der Waals surface area contributed by atoms with Gasteiger partial charge in [0.05, 0.1) is 32.0 Å². The Balaban J connectivity index is 3.71. The van der Waals surface area contributed by atoms with Crippen molar-refractivity contribution >= 4 is 5.91 Å². The van der Waals surface area contributed by atoms with Gasteiger partial charge in [-0.3, -0.25) is 4.79 Å². The molecule has 0 radical (unpaired) electrons. The van der Waals surface area contributed by atoms with E-state index in [4.69, 9.17) is 4.74 Å². The van der Waals surface area contributed by atoms with E-state index in [0.717, 1.165) is 32.1 Å². The molecule has 0 aromatic heterocycles. The van der Waals surface area contributed by atoms with Crippen molar-refractivity contribution in [1.82, 2.24) is 4.90 Å². The van der Waals surface area contributed by atoms with E-state index in [1.165, 1.54) is 148 Å². The molecule has 2 atom stereocenters. The van der Waals surface area contributed by atoms with E-state index in [2.05, 4.69) is 13.8 Å². The molecule has 6 heteroatoms. The van der Waals surface area contributed by atoms with Crippen LogP contribution in [0.3, 0.4) is 0 Å². The predicted octanol–water partition coefficient (Wildman–Crippen LogP) is 9.90. The Bertz CT molecular complexity index is 590. The number of amides is 1. The van der Waals surface area contributed by atoms with Crippen LogP contribution in [0.4, 0.5) is 0 Å². The van der Waals surface area contributed by atoms with E-state index < -0.39 is 12.2 Å². The minimum absolute atomic E-state index is 0.0102. The third kappa shape index (κ3) is 33.0. The summed E-state index contributed by atoms with van der Waals surface area (Å²) in [6.07, 6.45) is 34.8. The first-order valence-corrected chi connectivity index (χ1v) is 19.9. The lowest BCUT2D eigenvalue weighted by Gasteiger charge is -2.25. The fourth-order valence-corrected chi connectivity index (χ4v) is 6.20. The van der Waals surface area contributed by atoms with Gasteiger partial charge >= 0.3 is 0 Å². The molecule has 0 fully saturated rings. The van der Waals surface area contributed by atoms with Gasteiger partial charge in [0.1, 0.15) is 0 Å². The number of hydrogen-bond acceptors (Lipinski definition) is 5. The van der Waals surface area contributed by atoms with Crippen molar-refractivity contribution in [2.24, 2.45) is 0 Å². The highest BCUT2D eigenvalue weighted by Crippen LogP contribution is 2.15. The Morgan fingerprint density at radius 2 is 0.889 bits per heavy atom. The summed E-state index contributed by atoms with van der Waals surface area (Å²) in [4.78, 5) is 14.2. The van der Waals surface area contributed by atoms with Gasteiger partial charge in [-0.05, 0) is 12.8 Å². The van der Waals surface area contributed by atoms with Gasteiger partial charge in [-0.15, -0.1) is 0 Å². The fourth-order valence-electron chi connectivity index (χ4n) is 6.20. The van der Waals surface area contributed by atoms with E-state index in [9.17, 15) is 20.1 Å². The average molecular weight is 642 g/mol. The molecular weight excluding hydrogens is 562 g/mol. The maximum absolute atomic E-state index is 12.7. The zero-order chi connectivity index (χ0) is 33.1. The lowest BCUT2D eigenvalue weighted by molar-refractivity contribution is -0.134. The van der Waals surface area contributed by atoms with Gasteiger partial charge < -0.3 is 25.0 Å². The summed E-state index contributed by atoms with van der Waals surface area (Å²) in [7, 11) is 0. The van der Waals surface area contributed by atoms with Crippen molar-refractivity contribution < 1.29 is 24.9 Å². The van der Waals surface area contributed by atoms with Gasteiger partial charge in [-0.1, -0.05) is 181 Å². The highest BCUT2D eigenvalue weighted by atomic mass is 16.5. The molecule has 0 aliphatic rings. The zero-order valence-corrected chi connectivity index (χ0v) is 30.3. The molecule has 0 bridgehead atoms. The van der Waals surface area contributed by atoms with Gasteiger partial charge in [-0.2, -0.15) is 0 Å². The predicted molar refractivity (Wildman–Crippen MR) is 192 cm³/mol. The van der Waals surface area contributed by atoms with E-state index in [0.29, 0.717) is 6.42 Å². The number of aliphatic hydroxyl groups excluding tert-OH is 3. The molecule has 0 aromatic rings. The fraction of sp³-hybridized carbons (Fsp3) is 0.974. The van der Waals surface area contributed by atoms with Crippen molar-refractivity contribution in [2.75, 3.05) is 32.9 Å². The van der Waals surface area contributed by atoms with Crippen molar-refractivity contribution in [2.45, 2.75) is 212 Å². The number of ether oxygens (including phenoxy) is 1. The Morgan fingerprint density at radius 3 is 1.29 bits per heavy atom. The summed E-state index contributed by atoms with van der Waals surface area (Å²) >= 11 is 0. The number of aliphatic hydroxyl groups is 3. The van der Waals surface area contributed by atoms with E-state index >= 15 is 0 Å². The second-order valence-electron chi connectivity index (χ2n) is 13.8. The topological polar surface area (TPSA) is 90.2 Å². The molecule has 45 heavy (non-hydrogen) atoms. The van der Waals surface area contributed by atoms with Crippen molar-refractivity contribution in [3.63, 3.8) is 0 Å². The van der Waals surface area contributed by atoms with Crippen LogP contribution in [0.1, 0.15) is 200 Å². The lowest BCUT2D eigenvalue weighted by atomic mass is 10.0. The zero-order valence-electron chi connectivity index (χ0n) is 30.3. The normalized spacial score (nSPS) is 12.9. The SMILES string of the molecule is CCCCCCCCCCCCCCCCC(O)COCC(O)CN(CCO)C(=O)CCCCCCCCCCCCCCC. The van der Waals surface area contributed by atoms with E-state index in [-0.39, 0.29) is 38.8 Å². The minimum atomic E-state index is -0.819. The molecule has 3 N–H and O–H groups in total. The molecule has 0 aromatic carbocycles. The summed E-state index contributed by atoms with van der Waals surface area (Å²) in [6, 6.07) is 0. The molecule has 6 nitrogen and oxygen atoms in total. The van der Waals surface area contributed by atoms with Gasteiger partial charge in [-0.25, -0.2) is 0 Å². The van der Waals surface area contributed by atoms with E-state index in [1.54, 1.807) is 4.90 Å². The van der Waals surface area contributed by atoms with Crippen LogP contribution in [0.5, 0.6) is 0 Å². The first kappa shape index (κ1) is 44.3. The van der Waals surface area contributed by atoms with Crippen LogP contribution in [0, 0.1) is 0 Å². The number of nitrogens with zero attached hydrogens (tertiary/aromatic N) is 1. The summed E-state index contributed by atoms with van der Waals surface area (Å²) in [5.41, 5.74) is 0. The lowest BCUT2D eigenvalue weighted by Crippen LogP contribution is -2.41. The Labute approximate surface area is 280 Å². The third-order valence-corrected chi connectivity index (χ3v) is 9.16. The first-order chi connectivity index (χ1) is 22.0. The Morgan fingerprint density at radius 1 is 0.533 bits per heavy atom. The molecular formula is C39H79NO5. The number of unbranched alkanes of at least 4 members (excludes halogenated alkanes) is 25. The molecule has 2 unspecified atom stereocenters. The van der Waals surface area contributed by atoms with Crippen LogP contribution in [-0.4, -0.2) is 71.2 Å². The van der Waals surface area contributed by atoms with Crippen molar-refractivity contribution in [3.05, 3.63) is 0 Å². The summed E-state index contributed by atoms with van der Waals surface area (Å²) < 4.78 is 5.57. The number of rotatable bonds is 37. The number of carbonyl (C=O) groups excluding carboxylic acids is 1. The second kappa shape index (κ2) is 36.2. The summed E-state index contributed by atoms with van der Waals surface area (Å²) in [5.74, 6) is -0.0102. The molecule has 270 valence electrons. The molecule has 0 aliphatic heterocycles. The molecule has 0 heterocycles. The second-order valence-corrected chi connectivity index (χ2v) is 13.8. The molecule has 0 saturated carbocycles. The highest BCUT2D eigenvalue weighted by molar-refractivity contribution is 5.76. The monoisotopic (exact) mass is 642 g/mol. The quantitative estimate of drug-likeness (QED) is 0.0588. The number of hydrogen-bond donors (Lipinski definition) is 3. The smallest absolute Gasteiger partial charge is 0.222 e. The van der Waals surface area contributed by atoms with Gasteiger partial charge in [0.15, 0.2) is 0 Å². The molecule has 0 rings (SSSR count). The van der Waals surface area contributed by atoms with Crippen LogP contribution in [-0.2, 0) is 9.53 Å². The Hall–Kier alpha value is -0.690. The first-order valence-electron chi connectivity index (χ1n) is 19.9. The van der Waals surface area contributed by atoms with Crippen LogP contribution in [0.25, 0.3) is 0 Å². The largest absolute Gasteiger partial charge is 0.395 e. The van der Waals surface area contributed by atoms with Crippen LogP contribution in [0.15, 0.2) is 0 Å². The van der Waals surface area contributed by atoms with Crippen LogP contribution in [0.2, 0.25) is 0 Å². The maximum atomic E-state index is 12.7. The average Bonchev–Trinajstić information content (AvgIpc) is 3.03. The molecule has 0 spiro atoms. The number of carbonyl (C=O) groups is 1. The van der Waals surface area contributed by atoms with Gasteiger partial charge in [0.2, 0.25) is 5.91 Å². The van der Waals surface area contributed by atoms with Gasteiger partial charge in [0.25, 0.3) is 0 Å². The molecule has 1 amide bonds. The highest BCUT2D eigenvalue weighted by Gasteiger charge is 2.17. The maximum Gasteiger partial charge on any atom is 0.222 e. The van der Waals surface area contributed by atoms with Crippen molar-refractivity contribution in [1.29, 1.82) is 0 Å². The summed E-state index contributed by atoms with van der Waals surface area (Å²) in [5, 5.41) is 30.1. The van der Waals surface area contributed by atoms with Crippen LogP contribution < -0.4 is 0 Å². The third-order valence-electron chi connectivity index (χ3n) is 9.16. The van der Waals surface area contributed by atoms with Crippen molar-refractivity contribution in [3.8, 4) is 0 Å². The summed E-state index contributed by atoms with van der Waals surface area (Å²) in [6.45, 7) is 5.11. The minimum Gasteiger partial charge on any atom is -0.395 e. The molecule has 0 saturated heterocycles. The van der Waals surface area contributed by atoms with Crippen LogP contribution >= 0.6 is 0 Å².